The second-order valence-corrected chi connectivity index (χ2v) is 9.20. The lowest BCUT2D eigenvalue weighted by Gasteiger charge is -2.33. The lowest BCUT2D eigenvalue weighted by atomic mass is 10.1. The van der Waals surface area contributed by atoms with Gasteiger partial charge in [-0.25, -0.2) is 0 Å². The number of nitrogens with zero attached hydrogens (tertiary/aromatic N) is 2. The van der Waals surface area contributed by atoms with Crippen molar-refractivity contribution in [3.8, 4) is 11.5 Å². The van der Waals surface area contributed by atoms with Crippen molar-refractivity contribution in [2.45, 2.75) is 26.4 Å². The van der Waals surface area contributed by atoms with Crippen molar-refractivity contribution in [2.24, 2.45) is 0 Å². The van der Waals surface area contributed by atoms with E-state index in [1.807, 2.05) is 31.2 Å². The third kappa shape index (κ3) is 4.95. The molecule has 9 heteroatoms. The fourth-order valence-corrected chi connectivity index (χ4v) is 4.56. The molecule has 9 nitrogen and oxygen atoms in total. The Labute approximate surface area is 219 Å². The van der Waals surface area contributed by atoms with Gasteiger partial charge < -0.3 is 19.7 Å². The van der Waals surface area contributed by atoms with Gasteiger partial charge in [0.2, 0.25) is 5.91 Å². The third-order valence-electron chi connectivity index (χ3n) is 6.47. The summed E-state index contributed by atoms with van der Waals surface area (Å²) < 4.78 is 11.6. The molecule has 2 aliphatic rings. The molecule has 0 aromatic heterocycles. The lowest BCUT2D eigenvalue weighted by molar-refractivity contribution is -0.125. The maximum Gasteiger partial charge on any atom is 0.267 e. The molecule has 38 heavy (non-hydrogen) atoms. The normalized spacial score (nSPS) is 16.2. The first kappa shape index (κ1) is 25.0. The molecule has 1 N–H and O–H groups in total. The molecule has 0 fully saturated rings. The first-order valence-corrected chi connectivity index (χ1v) is 12.4. The summed E-state index contributed by atoms with van der Waals surface area (Å²) in [6.07, 6.45) is -0.748. The Hall–Kier alpha value is -4.66. The zero-order chi connectivity index (χ0) is 26.8. The molecule has 2 aliphatic heterocycles. The molecule has 4 amide bonds. The van der Waals surface area contributed by atoms with Crippen LogP contribution in [0.3, 0.4) is 0 Å². The van der Waals surface area contributed by atoms with E-state index in [9.17, 15) is 19.2 Å². The molecule has 2 heterocycles. The van der Waals surface area contributed by atoms with Gasteiger partial charge in [-0.05, 0) is 55.8 Å². The van der Waals surface area contributed by atoms with Gasteiger partial charge >= 0.3 is 0 Å². The van der Waals surface area contributed by atoms with Crippen LogP contribution in [0.15, 0.2) is 66.7 Å². The molecule has 3 aromatic carbocycles. The van der Waals surface area contributed by atoms with Crippen LogP contribution in [0.2, 0.25) is 0 Å². The molecule has 5 rings (SSSR count). The maximum absolute atomic E-state index is 12.8. The topological polar surface area (TPSA) is 105 Å². The van der Waals surface area contributed by atoms with Crippen LogP contribution in [0, 0.1) is 6.92 Å². The van der Waals surface area contributed by atoms with E-state index >= 15 is 0 Å². The predicted molar refractivity (Wildman–Crippen MR) is 141 cm³/mol. The Morgan fingerprint density at radius 1 is 0.921 bits per heavy atom. The molecule has 0 saturated carbocycles. The third-order valence-corrected chi connectivity index (χ3v) is 6.47. The smallest absolute Gasteiger partial charge is 0.267 e. The van der Waals surface area contributed by atoms with E-state index in [1.54, 1.807) is 54.3 Å². The highest BCUT2D eigenvalue weighted by atomic mass is 16.5. The van der Waals surface area contributed by atoms with Gasteiger partial charge in [0.1, 0.15) is 18.1 Å². The average molecular weight is 514 g/mol. The van der Waals surface area contributed by atoms with E-state index in [1.165, 1.54) is 0 Å². The highest BCUT2D eigenvalue weighted by Gasteiger charge is 2.35. The summed E-state index contributed by atoms with van der Waals surface area (Å²) in [6, 6.07) is 19.4. The fourth-order valence-electron chi connectivity index (χ4n) is 4.56. The van der Waals surface area contributed by atoms with Crippen molar-refractivity contribution in [1.29, 1.82) is 0 Å². The summed E-state index contributed by atoms with van der Waals surface area (Å²) in [4.78, 5) is 53.2. The SMILES string of the molecule is Cc1cccc(OCCN2C(=O)C(C)Oc3cc(NC(=O)CCN4C(=O)c5ccccc5C4=O)ccc32)c1. The Morgan fingerprint density at radius 3 is 2.37 bits per heavy atom. The lowest BCUT2D eigenvalue weighted by Crippen LogP contribution is -2.46. The molecule has 0 aliphatic carbocycles. The maximum atomic E-state index is 12.8. The number of hydrogen-bond donors (Lipinski definition) is 1. The average Bonchev–Trinajstić information content (AvgIpc) is 3.14. The van der Waals surface area contributed by atoms with Crippen LogP contribution < -0.4 is 19.7 Å². The Bertz CT molecular complexity index is 1400. The van der Waals surface area contributed by atoms with E-state index in [4.69, 9.17) is 9.47 Å². The highest BCUT2D eigenvalue weighted by Crippen LogP contribution is 2.36. The van der Waals surface area contributed by atoms with Crippen molar-refractivity contribution in [3.05, 3.63) is 83.4 Å². The fraction of sp³-hybridized carbons (Fsp3) is 0.241. The number of anilines is 2. The molecule has 0 saturated heterocycles. The molecule has 1 unspecified atom stereocenters. The van der Waals surface area contributed by atoms with Crippen LogP contribution in [0.25, 0.3) is 0 Å². The van der Waals surface area contributed by atoms with Crippen LogP contribution >= 0.6 is 0 Å². The first-order valence-electron chi connectivity index (χ1n) is 12.4. The van der Waals surface area contributed by atoms with E-state index in [-0.39, 0.29) is 24.8 Å². The largest absolute Gasteiger partial charge is 0.492 e. The van der Waals surface area contributed by atoms with E-state index in [0.717, 1.165) is 16.2 Å². The second kappa shape index (κ2) is 10.4. The molecule has 3 aromatic rings. The van der Waals surface area contributed by atoms with Crippen molar-refractivity contribution in [1.82, 2.24) is 4.90 Å². The Morgan fingerprint density at radius 2 is 1.66 bits per heavy atom. The number of nitrogens with one attached hydrogen (secondary N) is 1. The number of carbonyl (C=O) groups is 4. The van der Waals surface area contributed by atoms with Crippen LogP contribution in [0.4, 0.5) is 11.4 Å². The summed E-state index contributed by atoms with van der Waals surface area (Å²) in [5, 5.41) is 2.78. The summed E-state index contributed by atoms with van der Waals surface area (Å²) in [5.41, 5.74) is 2.85. The monoisotopic (exact) mass is 513 g/mol. The minimum atomic E-state index is -0.693. The molecule has 0 bridgehead atoms. The van der Waals surface area contributed by atoms with Gasteiger partial charge in [-0.1, -0.05) is 24.3 Å². The number of benzene rings is 3. The van der Waals surface area contributed by atoms with Crippen LogP contribution in [0.5, 0.6) is 11.5 Å². The summed E-state index contributed by atoms with van der Waals surface area (Å²) in [5.74, 6) is -0.131. The van der Waals surface area contributed by atoms with Gasteiger partial charge in [-0.3, -0.25) is 24.1 Å². The van der Waals surface area contributed by atoms with Crippen LogP contribution in [0.1, 0.15) is 39.6 Å². The predicted octanol–water partition coefficient (Wildman–Crippen LogP) is 3.81. The summed E-state index contributed by atoms with van der Waals surface area (Å²) in [7, 11) is 0. The van der Waals surface area contributed by atoms with Gasteiger partial charge in [-0.15, -0.1) is 0 Å². The number of hydrogen-bond acceptors (Lipinski definition) is 6. The number of aryl methyl sites for hydroxylation is 1. The number of carbonyl (C=O) groups excluding carboxylic acids is 4. The van der Waals surface area contributed by atoms with Gasteiger partial charge in [-0.2, -0.15) is 0 Å². The van der Waals surface area contributed by atoms with Gasteiger partial charge in [0.05, 0.1) is 23.4 Å². The van der Waals surface area contributed by atoms with Crippen molar-refractivity contribution in [2.75, 3.05) is 29.9 Å². The quantitative estimate of drug-likeness (QED) is 0.459. The zero-order valence-corrected chi connectivity index (χ0v) is 21.1. The van der Waals surface area contributed by atoms with Gasteiger partial charge in [0.25, 0.3) is 17.7 Å². The molecule has 1 atom stereocenters. The highest BCUT2D eigenvalue weighted by molar-refractivity contribution is 6.21. The number of fused-ring (bicyclic) bond motifs is 2. The number of amides is 4. The first-order chi connectivity index (χ1) is 18.3. The van der Waals surface area contributed by atoms with E-state index in [0.29, 0.717) is 41.4 Å². The standard InChI is InChI=1S/C29H27N3O6/c1-18-6-5-7-21(16-18)37-15-14-31-24-11-10-20(17-25(24)38-19(2)27(31)34)30-26(33)12-13-32-28(35)22-8-3-4-9-23(22)29(32)36/h3-11,16-17,19H,12-15H2,1-2H3,(H,30,33). The Balaban J connectivity index is 1.20. The van der Waals surface area contributed by atoms with Crippen molar-refractivity contribution in [3.63, 3.8) is 0 Å². The second-order valence-electron chi connectivity index (χ2n) is 9.20. The Kier molecular flexibility index (Phi) is 6.83. The van der Waals surface area contributed by atoms with Gasteiger partial charge in [0.15, 0.2) is 6.10 Å². The molecule has 0 radical (unpaired) electrons. The minimum absolute atomic E-state index is 0.0279. The van der Waals surface area contributed by atoms with Crippen LogP contribution in [-0.4, -0.2) is 54.3 Å². The van der Waals surface area contributed by atoms with Crippen molar-refractivity contribution >= 4 is 35.0 Å². The van der Waals surface area contributed by atoms with E-state index < -0.39 is 17.9 Å². The number of imide groups is 1. The number of ether oxygens (including phenoxy) is 2. The summed E-state index contributed by atoms with van der Waals surface area (Å²) in [6.45, 7) is 4.27. The molecular weight excluding hydrogens is 486 g/mol. The van der Waals surface area contributed by atoms with Gasteiger partial charge in [0, 0.05) is 24.7 Å². The molecule has 0 spiro atoms. The van der Waals surface area contributed by atoms with Crippen LogP contribution in [-0.2, 0) is 9.59 Å². The molecule has 194 valence electrons. The minimum Gasteiger partial charge on any atom is -0.492 e. The zero-order valence-electron chi connectivity index (χ0n) is 21.1. The summed E-state index contributed by atoms with van der Waals surface area (Å²) >= 11 is 0. The molecular formula is C29H27N3O6. The van der Waals surface area contributed by atoms with Crippen molar-refractivity contribution < 1.29 is 28.7 Å². The number of rotatable bonds is 8. The van der Waals surface area contributed by atoms with E-state index in [2.05, 4.69) is 5.32 Å².